The van der Waals surface area contributed by atoms with Gasteiger partial charge in [-0.25, -0.2) is 0 Å². The van der Waals surface area contributed by atoms with E-state index >= 15 is 0 Å². The van der Waals surface area contributed by atoms with Crippen molar-refractivity contribution < 1.29 is 19.7 Å². The van der Waals surface area contributed by atoms with Crippen molar-refractivity contribution in [2.75, 3.05) is 13.7 Å². The molecule has 2 aromatic carbocycles. The van der Waals surface area contributed by atoms with Crippen LogP contribution in [0, 0.1) is 0 Å². The molecular weight excluding hydrogens is 270 g/mol. The molecule has 0 aliphatic rings. The maximum absolute atomic E-state index is 9.88. The van der Waals surface area contributed by atoms with Crippen molar-refractivity contribution in [1.82, 2.24) is 0 Å². The summed E-state index contributed by atoms with van der Waals surface area (Å²) in [6, 6.07) is 9.82. The number of benzene rings is 2. The lowest BCUT2D eigenvalue weighted by molar-refractivity contribution is 0.338. The molecule has 0 aromatic heterocycles. The molecule has 0 heterocycles. The summed E-state index contributed by atoms with van der Waals surface area (Å²) >= 11 is 0. The Bertz CT molecular complexity index is 653. The maximum atomic E-state index is 9.88. The first-order valence-electron chi connectivity index (χ1n) is 6.51. The van der Waals surface area contributed by atoms with E-state index in [-0.39, 0.29) is 11.5 Å². The number of hydrogen-bond acceptors (Lipinski definition) is 5. The Balaban J connectivity index is 2.21. The second-order valence-electron chi connectivity index (χ2n) is 4.27. The second kappa shape index (κ2) is 6.65. The molecular formula is C16H17NO4. The molecule has 5 nitrogen and oxygen atoms in total. The van der Waals surface area contributed by atoms with E-state index in [1.54, 1.807) is 30.5 Å². The van der Waals surface area contributed by atoms with E-state index in [0.717, 1.165) is 5.56 Å². The fraction of sp³-hybridized carbons (Fsp3) is 0.188. The lowest BCUT2D eigenvalue weighted by Crippen LogP contribution is -1.90. The van der Waals surface area contributed by atoms with Gasteiger partial charge in [0, 0.05) is 12.3 Å². The smallest absolute Gasteiger partial charge is 0.161 e. The lowest BCUT2D eigenvalue weighted by Gasteiger charge is -2.05. The van der Waals surface area contributed by atoms with Crippen molar-refractivity contribution >= 4 is 11.9 Å². The van der Waals surface area contributed by atoms with Crippen LogP contribution in [0.1, 0.15) is 12.5 Å². The predicted molar refractivity (Wildman–Crippen MR) is 81.2 cm³/mol. The van der Waals surface area contributed by atoms with Crippen molar-refractivity contribution in [2.24, 2.45) is 4.99 Å². The molecule has 0 atom stereocenters. The normalized spacial score (nSPS) is 10.8. The Morgan fingerprint density at radius 3 is 2.57 bits per heavy atom. The van der Waals surface area contributed by atoms with Crippen LogP contribution in [0.5, 0.6) is 23.0 Å². The molecule has 5 heteroatoms. The number of phenols is 2. The molecule has 110 valence electrons. The van der Waals surface area contributed by atoms with Gasteiger partial charge in [-0.1, -0.05) is 0 Å². The summed E-state index contributed by atoms with van der Waals surface area (Å²) < 4.78 is 10.3. The largest absolute Gasteiger partial charge is 0.506 e. The second-order valence-corrected chi connectivity index (χ2v) is 4.27. The third kappa shape index (κ3) is 3.66. The molecule has 0 radical (unpaired) electrons. The number of aliphatic imine (C=N–C) groups is 1. The van der Waals surface area contributed by atoms with Gasteiger partial charge in [-0.3, -0.25) is 4.99 Å². The SMILES string of the molecule is CCOc1ccc(N=Cc2ccc(O)c(OC)c2)c(O)c1. The molecule has 0 bridgehead atoms. The fourth-order valence-corrected chi connectivity index (χ4v) is 1.79. The number of hydrogen-bond donors (Lipinski definition) is 2. The van der Waals surface area contributed by atoms with Crippen LogP contribution in [0.4, 0.5) is 5.69 Å². The van der Waals surface area contributed by atoms with Gasteiger partial charge in [0.1, 0.15) is 17.2 Å². The maximum Gasteiger partial charge on any atom is 0.161 e. The number of phenolic OH excluding ortho intramolecular Hbond substituents is 2. The molecule has 0 aliphatic heterocycles. The van der Waals surface area contributed by atoms with E-state index in [1.165, 1.54) is 19.2 Å². The Morgan fingerprint density at radius 1 is 1.10 bits per heavy atom. The zero-order valence-corrected chi connectivity index (χ0v) is 11.9. The van der Waals surface area contributed by atoms with Gasteiger partial charge in [0.05, 0.1) is 13.7 Å². The van der Waals surface area contributed by atoms with E-state index in [4.69, 9.17) is 9.47 Å². The molecule has 21 heavy (non-hydrogen) atoms. The third-order valence-corrected chi connectivity index (χ3v) is 2.81. The molecule has 0 unspecified atom stereocenters. The monoisotopic (exact) mass is 287 g/mol. The van der Waals surface area contributed by atoms with Crippen molar-refractivity contribution in [3.63, 3.8) is 0 Å². The van der Waals surface area contributed by atoms with Crippen LogP contribution in [0.2, 0.25) is 0 Å². The number of nitrogens with zero attached hydrogens (tertiary/aromatic N) is 1. The number of rotatable bonds is 5. The van der Waals surface area contributed by atoms with Gasteiger partial charge >= 0.3 is 0 Å². The molecule has 0 spiro atoms. The zero-order valence-electron chi connectivity index (χ0n) is 11.9. The number of methoxy groups -OCH3 is 1. The summed E-state index contributed by atoms with van der Waals surface area (Å²) in [6.07, 6.45) is 1.58. The summed E-state index contributed by atoms with van der Waals surface area (Å²) in [6.45, 7) is 2.41. The molecule has 0 saturated heterocycles. The van der Waals surface area contributed by atoms with Crippen LogP contribution in [0.15, 0.2) is 41.4 Å². The highest BCUT2D eigenvalue weighted by molar-refractivity contribution is 5.83. The van der Waals surface area contributed by atoms with Gasteiger partial charge < -0.3 is 19.7 Å². The van der Waals surface area contributed by atoms with Gasteiger partial charge in [0.15, 0.2) is 11.5 Å². The van der Waals surface area contributed by atoms with Crippen LogP contribution < -0.4 is 9.47 Å². The minimum Gasteiger partial charge on any atom is -0.506 e. The molecule has 2 aromatic rings. The molecule has 2 rings (SSSR count). The Morgan fingerprint density at radius 2 is 1.90 bits per heavy atom. The van der Waals surface area contributed by atoms with E-state index in [9.17, 15) is 10.2 Å². The molecule has 0 amide bonds. The number of ether oxygens (including phenoxy) is 2. The standard InChI is InChI=1S/C16H17NO4/c1-3-21-12-5-6-13(15(19)9-12)17-10-11-4-7-14(18)16(8-11)20-2/h4-10,18-19H,3H2,1-2H3. The molecule has 0 aliphatic carbocycles. The minimum absolute atomic E-state index is 0.0444. The summed E-state index contributed by atoms with van der Waals surface area (Å²) in [7, 11) is 1.48. The molecule has 2 N–H and O–H groups in total. The number of aromatic hydroxyl groups is 2. The Hall–Kier alpha value is -2.69. The van der Waals surface area contributed by atoms with E-state index < -0.39 is 0 Å². The van der Waals surface area contributed by atoms with Crippen molar-refractivity contribution in [3.05, 3.63) is 42.0 Å². The minimum atomic E-state index is 0.0444. The average molecular weight is 287 g/mol. The van der Waals surface area contributed by atoms with E-state index in [0.29, 0.717) is 23.8 Å². The first-order chi connectivity index (χ1) is 10.1. The first-order valence-corrected chi connectivity index (χ1v) is 6.51. The van der Waals surface area contributed by atoms with Crippen LogP contribution in [-0.2, 0) is 0 Å². The van der Waals surface area contributed by atoms with Gasteiger partial charge in [0.25, 0.3) is 0 Å². The van der Waals surface area contributed by atoms with E-state index in [1.807, 2.05) is 6.92 Å². The topological polar surface area (TPSA) is 71.3 Å². The van der Waals surface area contributed by atoms with Crippen LogP contribution >= 0.6 is 0 Å². The molecule has 0 fully saturated rings. The highest BCUT2D eigenvalue weighted by Crippen LogP contribution is 2.31. The van der Waals surface area contributed by atoms with E-state index in [2.05, 4.69) is 4.99 Å². The van der Waals surface area contributed by atoms with Gasteiger partial charge in [-0.05, 0) is 42.8 Å². The zero-order chi connectivity index (χ0) is 15.2. The highest BCUT2D eigenvalue weighted by Gasteiger charge is 2.03. The first kappa shape index (κ1) is 14.7. The van der Waals surface area contributed by atoms with Gasteiger partial charge in [-0.2, -0.15) is 0 Å². The van der Waals surface area contributed by atoms with Crippen LogP contribution in [0.3, 0.4) is 0 Å². The summed E-state index contributed by atoms with van der Waals surface area (Å²) in [4.78, 5) is 4.21. The van der Waals surface area contributed by atoms with Gasteiger partial charge in [-0.15, -0.1) is 0 Å². The quantitative estimate of drug-likeness (QED) is 0.828. The fourth-order valence-electron chi connectivity index (χ4n) is 1.79. The van der Waals surface area contributed by atoms with Crippen molar-refractivity contribution in [1.29, 1.82) is 0 Å². The highest BCUT2D eigenvalue weighted by atomic mass is 16.5. The summed E-state index contributed by atoms with van der Waals surface area (Å²) in [5.41, 5.74) is 1.18. The Labute approximate surface area is 123 Å². The predicted octanol–water partition coefficient (Wildman–Crippen LogP) is 3.26. The van der Waals surface area contributed by atoms with Crippen LogP contribution in [0.25, 0.3) is 0 Å². The summed E-state index contributed by atoms with van der Waals surface area (Å²) in [5, 5.41) is 19.4. The third-order valence-electron chi connectivity index (χ3n) is 2.81. The molecule has 0 saturated carbocycles. The van der Waals surface area contributed by atoms with Crippen molar-refractivity contribution in [3.8, 4) is 23.0 Å². The van der Waals surface area contributed by atoms with Crippen molar-refractivity contribution in [2.45, 2.75) is 6.92 Å². The Kier molecular flexibility index (Phi) is 4.66. The average Bonchev–Trinajstić information content (AvgIpc) is 2.48. The van der Waals surface area contributed by atoms with Gasteiger partial charge in [0.2, 0.25) is 0 Å². The summed E-state index contributed by atoms with van der Waals surface area (Å²) in [5.74, 6) is 1.08. The lowest BCUT2D eigenvalue weighted by atomic mass is 10.2. The van der Waals surface area contributed by atoms with Crippen LogP contribution in [-0.4, -0.2) is 30.1 Å².